The molecule has 0 amide bonds. The maximum atomic E-state index is 11.7. The molecule has 1 atom stereocenters. The summed E-state index contributed by atoms with van der Waals surface area (Å²) in [7, 11) is 2.39. The lowest BCUT2D eigenvalue weighted by Crippen LogP contribution is -2.29. The fraction of sp³-hybridized carbons (Fsp3) is 0.438. The van der Waals surface area contributed by atoms with Crippen molar-refractivity contribution in [2.45, 2.75) is 32.5 Å². The van der Waals surface area contributed by atoms with Crippen molar-refractivity contribution in [2.24, 2.45) is 0 Å². The minimum absolute atomic E-state index is 0.0242. The van der Waals surface area contributed by atoms with E-state index >= 15 is 0 Å². The summed E-state index contributed by atoms with van der Waals surface area (Å²) in [5, 5.41) is 0. The fourth-order valence-corrected chi connectivity index (χ4v) is 1.77. The molecule has 0 aliphatic carbocycles. The maximum Gasteiger partial charge on any atom is 0.509 e. The molecular formula is C16H20O7. The Kier molecular flexibility index (Phi) is 7.59. The highest BCUT2D eigenvalue weighted by molar-refractivity contribution is 5.78. The van der Waals surface area contributed by atoms with Crippen LogP contribution in [0.1, 0.15) is 24.0 Å². The van der Waals surface area contributed by atoms with Gasteiger partial charge in [0, 0.05) is 12.8 Å². The molecule has 0 spiro atoms. The van der Waals surface area contributed by atoms with E-state index in [9.17, 15) is 14.4 Å². The Hall–Kier alpha value is -2.57. The van der Waals surface area contributed by atoms with Crippen LogP contribution >= 0.6 is 0 Å². The highest BCUT2D eigenvalue weighted by atomic mass is 16.7. The van der Waals surface area contributed by atoms with E-state index in [1.165, 1.54) is 7.11 Å². The molecule has 1 aromatic rings. The zero-order valence-electron chi connectivity index (χ0n) is 13.4. The van der Waals surface area contributed by atoms with E-state index < -0.39 is 24.2 Å². The van der Waals surface area contributed by atoms with Crippen LogP contribution in [0.2, 0.25) is 0 Å². The summed E-state index contributed by atoms with van der Waals surface area (Å²) in [5.74, 6) is -1.28. The lowest BCUT2D eigenvalue weighted by molar-refractivity contribution is -0.153. The number of benzene rings is 1. The SMILES string of the molecule is COC(=O)CCC(OC(=O)OCc1ccccc1C)C(=O)OC. The van der Waals surface area contributed by atoms with Gasteiger partial charge in [-0.05, 0) is 18.1 Å². The zero-order valence-corrected chi connectivity index (χ0v) is 13.4. The Morgan fingerprint density at radius 2 is 1.78 bits per heavy atom. The number of hydrogen-bond acceptors (Lipinski definition) is 7. The van der Waals surface area contributed by atoms with Gasteiger partial charge in [0.25, 0.3) is 0 Å². The van der Waals surface area contributed by atoms with Crippen molar-refractivity contribution in [3.8, 4) is 0 Å². The first-order valence-electron chi connectivity index (χ1n) is 7.00. The molecule has 7 nitrogen and oxygen atoms in total. The maximum absolute atomic E-state index is 11.7. The Morgan fingerprint density at radius 1 is 1.09 bits per heavy atom. The van der Waals surface area contributed by atoms with Crippen molar-refractivity contribution < 1.29 is 33.3 Å². The summed E-state index contributed by atoms with van der Waals surface area (Å²) in [6.45, 7) is 1.91. The van der Waals surface area contributed by atoms with Crippen molar-refractivity contribution in [1.29, 1.82) is 0 Å². The van der Waals surface area contributed by atoms with Crippen molar-refractivity contribution in [1.82, 2.24) is 0 Å². The van der Waals surface area contributed by atoms with E-state index in [-0.39, 0.29) is 19.4 Å². The molecule has 7 heteroatoms. The number of methoxy groups -OCH3 is 2. The predicted octanol–water partition coefficient (Wildman–Crippen LogP) is 2.14. The number of ether oxygens (including phenoxy) is 4. The molecule has 0 N–H and O–H groups in total. The smallest absolute Gasteiger partial charge is 0.469 e. The van der Waals surface area contributed by atoms with Crippen LogP contribution < -0.4 is 0 Å². The summed E-state index contributed by atoms with van der Waals surface area (Å²) in [4.78, 5) is 34.4. The second-order valence-corrected chi connectivity index (χ2v) is 4.71. The van der Waals surface area contributed by atoms with Crippen LogP contribution in [-0.4, -0.2) is 38.4 Å². The Labute approximate surface area is 134 Å². The lowest BCUT2D eigenvalue weighted by Gasteiger charge is -2.15. The fourth-order valence-electron chi connectivity index (χ4n) is 1.77. The molecular weight excluding hydrogens is 304 g/mol. The molecule has 0 fully saturated rings. The molecule has 0 radical (unpaired) electrons. The molecule has 0 aliphatic rings. The number of carbonyl (C=O) groups is 3. The van der Waals surface area contributed by atoms with Gasteiger partial charge in [-0.3, -0.25) is 4.79 Å². The van der Waals surface area contributed by atoms with E-state index in [0.29, 0.717) is 0 Å². The Morgan fingerprint density at radius 3 is 2.39 bits per heavy atom. The third kappa shape index (κ3) is 6.37. The number of rotatable bonds is 7. The van der Waals surface area contributed by atoms with Crippen LogP contribution in [0.4, 0.5) is 4.79 Å². The topological polar surface area (TPSA) is 88.1 Å². The zero-order chi connectivity index (χ0) is 17.2. The number of carbonyl (C=O) groups excluding carboxylic acids is 3. The van der Waals surface area contributed by atoms with E-state index in [4.69, 9.17) is 9.47 Å². The van der Waals surface area contributed by atoms with Gasteiger partial charge >= 0.3 is 18.1 Å². The average molecular weight is 324 g/mol. The molecule has 0 aliphatic heterocycles. The van der Waals surface area contributed by atoms with Crippen LogP contribution in [0.15, 0.2) is 24.3 Å². The van der Waals surface area contributed by atoms with Gasteiger partial charge in [0.15, 0.2) is 0 Å². The average Bonchev–Trinajstić information content (AvgIpc) is 2.56. The van der Waals surface area contributed by atoms with E-state index in [1.54, 1.807) is 0 Å². The van der Waals surface area contributed by atoms with Crippen molar-refractivity contribution in [2.75, 3.05) is 14.2 Å². The van der Waals surface area contributed by atoms with Gasteiger partial charge in [0.2, 0.25) is 6.10 Å². The largest absolute Gasteiger partial charge is 0.509 e. The standard InChI is InChI=1S/C16H20O7/c1-11-6-4-5-7-12(11)10-22-16(19)23-13(15(18)21-3)8-9-14(17)20-2/h4-7,13H,8-10H2,1-3H3. The Bertz CT molecular complexity index is 553. The second-order valence-electron chi connectivity index (χ2n) is 4.71. The van der Waals surface area contributed by atoms with Gasteiger partial charge < -0.3 is 18.9 Å². The van der Waals surface area contributed by atoms with Crippen LogP contribution in [0.3, 0.4) is 0 Å². The molecule has 0 bridgehead atoms. The summed E-state index contributed by atoms with van der Waals surface area (Å²) in [6.07, 6.45) is -2.35. The normalized spacial score (nSPS) is 11.3. The summed E-state index contributed by atoms with van der Waals surface area (Å²) < 4.78 is 18.9. The molecule has 0 saturated heterocycles. The molecule has 1 rings (SSSR count). The van der Waals surface area contributed by atoms with Gasteiger partial charge in [-0.15, -0.1) is 0 Å². The van der Waals surface area contributed by atoms with Gasteiger partial charge in [0.1, 0.15) is 6.61 Å². The summed E-state index contributed by atoms with van der Waals surface area (Å²) in [5.41, 5.74) is 1.80. The minimum Gasteiger partial charge on any atom is -0.469 e. The molecule has 0 heterocycles. The first kappa shape index (κ1) is 18.5. The third-order valence-corrected chi connectivity index (χ3v) is 3.15. The predicted molar refractivity (Wildman–Crippen MR) is 79.5 cm³/mol. The number of esters is 2. The van der Waals surface area contributed by atoms with Crippen LogP contribution in [-0.2, 0) is 35.1 Å². The van der Waals surface area contributed by atoms with Gasteiger partial charge in [-0.25, -0.2) is 9.59 Å². The molecule has 0 saturated carbocycles. The van der Waals surface area contributed by atoms with E-state index in [1.807, 2.05) is 31.2 Å². The van der Waals surface area contributed by atoms with Crippen LogP contribution in [0, 0.1) is 6.92 Å². The quantitative estimate of drug-likeness (QED) is 0.561. The molecule has 126 valence electrons. The van der Waals surface area contributed by atoms with Gasteiger partial charge in [0.05, 0.1) is 14.2 Å². The first-order chi connectivity index (χ1) is 11.0. The second kappa shape index (κ2) is 9.45. The van der Waals surface area contributed by atoms with Crippen molar-refractivity contribution in [3.63, 3.8) is 0 Å². The molecule has 23 heavy (non-hydrogen) atoms. The van der Waals surface area contributed by atoms with Gasteiger partial charge in [-0.2, -0.15) is 0 Å². The van der Waals surface area contributed by atoms with Gasteiger partial charge in [-0.1, -0.05) is 24.3 Å². The van der Waals surface area contributed by atoms with Crippen molar-refractivity contribution >= 4 is 18.1 Å². The molecule has 1 aromatic carbocycles. The summed E-state index contributed by atoms with van der Waals surface area (Å²) in [6, 6.07) is 7.40. The molecule has 0 aromatic heterocycles. The lowest BCUT2D eigenvalue weighted by atomic mass is 10.1. The van der Waals surface area contributed by atoms with Crippen LogP contribution in [0.5, 0.6) is 0 Å². The minimum atomic E-state index is -1.22. The highest BCUT2D eigenvalue weighted by Gasteiger charge is 2.25. The highest BCUT2D eigenvalue weighted by Crippen LogP contribution is 2.11. The first-order valence-corrected chi connectivity index (χ1v) is 7.00. The van der Waals surface area contributed by atoms with E-state index in [0.717, 1.165) is 18.2 Å². The number of hydrogen-bond donors (Lipinski definition) is 0. The third-order valence-electron chi connectivity index (χ3n) is 3.15. The van der Waals surface area contributed by atoms with Crippen molar-refractivity contribution in [3.05, 3.63) is 35.4 Å². The monoisotopic (exact) mass is 324 g/mol. The Balaban J connectivity index is 2.54. The van der Waals surface area contributed by atoms with Crippen LogP contribution in [0.25, 0.3) is 0 Å². The number of aryl methyl sites for hydroxylation is 1. The summed E-state index contributed by atoms with van der Waals surface area (Å²) >= 11 is 0. The molecule has 1 unspecified atom stereocenters. The van der Waals surface area contributed by atoms with E-state index in [2.05, 4.69) is 9.47 Å².